The van der Waals surface area contributed by atoms with Crippen molar-refractivity contribution in [2.45, 2.75) is 38.1 Å². The van der Waals surface area contributed by atoms with Crippen molar-refractivity contribution in [2.75, 3.05) is 6.61 Å². The van der Waals surface area contributed by atoms with Crippen LogP contribution in [0.5, 0.6) is 0 Å². The smallest absolute Gasteiger partial charge is 0.253 e. The zero-order valence-corrected chi connectivity index (χ0v) is 10.1. The van der Waals surface area contributed by atoms with E-state index in [1.54, 1.807) is 6.08 Å². The van der Waals surface area contributed by atoms with Gasteiger partial charge in [-0.1, -0.05) is 13.0 Å². The van der Waals surface area contributed by atoms with Gasteiger partial charge in [-0.3, -0.25) is 14.9 Å². The van der Waals surface area contributed by atoms with Crippen molar-refractivity contribution < 1.29 is 24.5 Å². The Morgan fingerprint density at radius 3 is 2.78 bits per heavy atom. The number of ether oxygens (including phenoxy) is 1. The Morgan fingerprint density at radius 2 is 2.22 bits per heavy atom. The van der Waals surface area contributed by atoms with Gasteiger partial charge >= 0.3 is 0 Å². The van der Waals surface area contributed by atoms with E-state index in [1.165, 1.54) is 0 Å². The van der Waals surface area contributed by atoms with E-state index in [-0.39, 0.29) is 18.9 Å². The Bertz CT molecular complexity index is 392. The second kappa shape index (κ2) is 5.17. The van der Waals surface area contributed by atoms with Crippen LogP contribution in [0.15, 0.2) is 11.6 Å². The van der Waals surface area contributed by atoms with Crippen LogP contribution in [0.3, 0.4) is 0 Å². The normalized spacial score (nSPS) is 36.5. The molecule has 6 heteroatoms. The van der Waals surface area contributed by atoms with Gasteiger partial charge in [-0.15, -0.1) is 0 Å². The van der Waals surface area contributed by atoms with Crippen LogP contribution >= 0.6 is 0 Å². The van der Waals surface area contributed by atoms with Gasteiger partial charge in [-0.2, -0.15) is 0 Å². The summed E-state index contributed by atoms with van der Waals surface area (Å²) in [6, 6.07) is 0. The molecular formula is C12H17NO5. The van der Waals surface area contributed by atoms with Gasteiger partial charge in [0.15, 0.2) is 0 Å². The van der Waals surface area contributed by atoms with E-state index in [1.807, 2.05) is 6.92 Å². The molecule has 3 N–H and O–H groups in total. The van der Waals surface area contributed by atoms with Crippen LogP contribution in [-0.4, -0.2) is 46.9 Å². The Kier molecular flexibility index (Phi) is 3.79. The molecule has 0 aliphatic carbocycles. The number of aliphatic hydroxyl groups is 2. The number of hydrogen-bond donors (Lipinski definition) is 3. The van der Waals surface area contributed by atoms with Crippen molar-refractivity contribution in [2.24, 2.45) is 5.92 Å². The minimum Gasteiger partial charge on any atom is -0.394 e. The quantitative estimate of drug-likeness (QED) is 0.568. The highest BCUT2D eigenvalue weighted by Gasteiger charge is 2.41. The SMILES string of the molecule is CCC1=CC([C@H]2C[C@H](O)C(CO)O2)C(=O)NC1=O. The van der Waals surface area contributed by atoms with Crippen molar-refractivity contribution in [1.29, 1.82) is 0 Å². The summed E-state index contributed by atoms with van der Waals surface area (Å²) in [5.74, 6) is -1.35. The molecule has 2 unspecified atom stereocenters. The summed E-state index contributed by atoms with van der Waals surface area (Å²) in [7, 11) is 0. The van der Waals surface area contributed by atoms with Crippen LogP contribution in [0.25, 0.3) is 0 Å². The van der Waals surface area contributed by atoms with Gasteiger partial charge in [-0.25, -0.2) is 0 Å². The maximum absolute atomic E-state index is 11.8. The summed E-state index contributed by atoms with van der Waals surface area (Å²) >= 11 is 0. The summed E-state index contributed by atoms with van der Waals surface area (Å²) < 4.78 is 5.44. The standard InChI is InChI=1S/C12H17NO5/c1-2-6-3-7(12(17)13-11(6)16)9-4-8(15)10(5-14)18-9/h3,7-10,14-15H,2,4-5H2,1H3,(H,13,16,17)/t7?,8-,9+,10?/m0/s1. The summed E-state index contributed by atoms with van der Waals surface area (Å²) in [6.07, 6.45) is 0.507. The second-order valence-electron chi connectivity index (χ2n) is 4.59. The van der Waals surface area contributed by atoms with Crippen molar-refractivity contribution >= 4 is 11.8 Å². The molecule has 6 nitrogen and oxygen atoms in total. The molecule has 100 valence electrons. The molecule has 0 aromatic carbocycles. The number of nitrogens with one attached hydrogen (secondary N) is 1. The summed E-state index contributed by atoms with van der Waals surface area (Å²) in [6.45, 7) is 1.55. The van der Waals surface area contributed by atoms with E-state index in [4.69, 9.17) is 9.84 Å². The maximum atomic E-state index is 11.8. The number of carbonyl (C=O) groups is 2. The zero-order chi connectivity index (χ0) is 13.3. The minimum absolute atomic E-state index is 0.282. The third-order valence-electron chi connectivity index (χ3n) is 3.43. The zero-order valence-electron chi connectivity index (χ0n) is 10.1. The van der Waals surface area contributed by atoms with E-state index in [2.05, 4.69) is 5.32 Å². The molecule has 0 radical (unpaired) electrons. The largest absolute Gasteiger partial charge is 0.394 e. The molecule has 2 amide bonds. The lowest BCUT2D eigenvalue weighted by Gasteiger charge is -2.24. The second-order valence-corrected chi connectivity index (χ2v) is 4.59. The van der Waals surface area contributed by atoms with E-state index in [0.717, 1.165) is 0 Å². The minimum atomic E-state index is -0.774. The number of imide groups is 1. The molecule has 18 heavy (non-hydrogen) atoms. The van der Waals surface area contributed by atoms with Gasteiger partial charge in [-0.05, 0) is 6.42 Å². The van der Waals surface area contributed by atoms with Crippen LogP contribution in [0, 0.1) is 5.92 Å². The Hall–Kier alpha value is -1.24. The molecule has 0 aromatic rings. The number of aliphatic hydroxyl groups excluding tert-OH is 2. The first-order valence-electron chi connectivity index (χ1n) is 6.07. The number of carbonyl (C=O) groups excluding carboxylic acids is 2. The third-order valence-corrected chi connectivity index (χ3v) is 3.43. The topological polar surface area (TPSA) is 95.9 Å². The Labute approximate surface area is 105 Å². The van der Waals surface area contributed by atoms with Crippen molar-refractivity contribution in [3.63, 3.8) is 0 Å². The third kappa shape index (κ3) is 2.31. The molecule has 4 atom stereocenters. The van der Waals surface area contributed by atoms with Gasteiger partial charge in [0.2, 0.25) is 5.91 Å². The van der Waals surface area contributed by atoms with Crippen LogP contribution in [0.1, 0.15) is 19.8 Å². The van der Waals surface area contributed by atoms with Gasteiger partial charge < -0.3 is 14.9 Å². The fourth-order valence-corrected chi connectivity index (χ4v) is 2.35. The Morgan fingerprint density at radius 1 is 1.50 bits per heavy atom. The molecule has 0 aromatic heterocycles. The van der Waals surface area contributed by atoms with Crippen molar-refractivity contribution in [1.82, 2.24) is 5.32 Å². The maximum Gasteiger partial charge on any atom is 0.253 e. The fraction of sp³-hybridized carbons (Fsp3) is 0.667. The number of amides is 2. The average Bonchev–Trinajstić information content (AvgIpc) is 2.70. The number of hydrogen-bond acceptors (Lipinski definition) is 5. The first kappa shape index (κ1) is 13.2. The molecule has 2 aliphatic rings. The molecule has 2 heterocycles. The van der Waals surface area contributed by atoms with Gasteiger partial charge in [0.25, 0.3) is 5.91 Å². The van der Waals surface area contributed by atoms with Gasteiger partial charge in [0.1, 0.15) is 6.10 Å². The summed E-state index contributed by atoms with van der Waals surface area (Å²) in [5, 5.41) is 20.9. The lowest BCUT2D eigenvalue weighted by Crippen LogP contribution is -2.44. The van der Waals surface area contributed by atoms with E-state index in [9.17, 15) is 14.7 Å². The molecule has 1 saturated heterocycles. The highest BCUT2D eigenvalue weighted by atomic mass is 16.5. The molecule has 2 aliphatic heterocycles. The highest BCUT2D eigenvalue weighted by Crippen LogP contribution is 2.29. The molecule has 1 fully saturated rings. The van der Waals surface area contributed by atoms with Crippen molar-refractivity contribution in [3.8, 4) is 0 Å². The van der Waals surface area contributed by atoms with Crippen molar-refractivity contribution in [3.05, 3.63) is 11.6 Å². The van der Waals surface area contributed by atoms with Gasteiger partial charge in [0.05, 0.1) is 24.7 Å². The molecule has 0 bridgehead atoms. The summed E-state index contributed by atoms with van der Waals surface area (Å²) in [5.41, 5.74) is 0.546. The predicted molar refractivity (Wildman–Crippen MR) is 61.4 cm³/mol. The molecule has 0 spiro atoms. The lowest BCUT2D eigenvalue weighted by atomic mass is 9.91. The van der Waals surface area contributed by atoms with E-state index in [0.29, 0.717) is 12.0 Å². The first-order chi connectivity index (χ1) is 8.56. The van der Waals surface area contributed by atoms with Crippen LogP contribution in [-0.2, 0) is 14.3 Å². The number of rotatable bonds is 3. The fourth-order valence-electron chi connectivity index (χ4n) is 2.35. The van der Waals surface area contributed by atoms with Crippen LogP contribution in [0.2, 0.25) is 0 Å². The molecule has 0 saturated carbocycles. The Balaban J connectivity index is 2.15. The van der Waals surface area contributed by atoms with Gasteiger partial charge in [0, 0.05) is 12.0 Å². The van der Waals surface area contributed by atoms with E-state index < -0.39 is 30.1 Å². The monoisotopic (exact) mass is 255 g/mol. The molecule has 2 rings (SSSR count). The highest BCUT2D eigenvalue weighted by molar-refractivity contribution is 6.08. The van der Waals surface area contributed by atoms with Crippen LogP contribution < -0.4 is 5.32 Å². The predicted octanol–water partition coefficient (Wildman–Crippen LogP) is -0.894. The first-order valence-corrected chi connectivity index (χ1v) is 6.07. The molecular weight excluding hydrogens is 238 g/mol. The average molecular weight is 255 g/mol. The summed E-state index contributed by atoms with van der Waals surface area (Å²) in [4.78, 5) is 23.2. The van der Waals surface area contributed by atoms with E-state index >= 15 is 0 Å². The lowest BCUT2D eigenvalue weighted by molar-refractivity contribution is -0.134. The van der Waals surface area contributed by atoms with Crippen LogP contribution in [0.4, 0.5) is 0 Å².